The molecule has 2 aromatic heterocycles. The Morgan fingerprint density at radius 3 is 2.84 bits per heavy atom. The molecule has 2 heterocycles. The summed E-state index contributed by atoms with van der Waals surface area (Å²) >= 11 is 6.91. The average molecular weight is 378 g/mol. The summed E-state index contributed by atoms with van der Waals surface area (Å²) in [5.41, 5.74) is 0.323. The zero-order valence-electron chi connectivity index (χ0n) is 13.0. The van der Waals surface area contributed by atoms with Crippen LogP contribution in [-0.2, 0) is 4.79 Å². The molecule has 25 heavy (non-hydrogen) atoms. The number of hydrogen-bond donors (Lipinski definition) is 2. The number of halogens is 2. The van der Waals surface area contributed by atoms with Crippen molar-refractivity contribution in [3.05, 3.63) is 53.4 Å². The molecule has 0 aliphatic carbocycles. The van der Waals surface area contributed by atoms with E-state index in [0.29, 0.717) is 27.4 Å². The van der Waals surface area contributed by atoms with Crippen LogP contribution in [0.3, 0.4) is 0 Å². The molecule has 0 unspecified atom stereocenters. The molecule has 3 aromatic rings. The summed E-state index contributed by atoms with van der Waals surface area (Å²) in [7, 11) is 0. The van der Waals surface area contributed by atoms with Gasteiger partial charge >= 0.3 is 0 Å². The maximum atomic E-state index is 13.8. The first kappa shape index (κ1) is 17.4. The highest BCUT2D eigenvalue weighted by Gasteiger charge is 2.18. The number of pyridine rings is 1. The van der Waals surface area contributed by atoms with Crippen molar-refractivity contribution in [3.8, 4) is 11.4 Å². The van der Waals surface area contributed by atoms with Crippen LogP contribution in [0.15, 0.2) is 47.8 Å². The van der Waals surface area contributed by atoms with Crippen molar-refractivity contribution in [1.82, 2.24) is 20.2 Å². The summed E-state index contributed by atoms with van der Waals surface area (Å²) in [6.07, 6.45) is 1.45. The molecule has 0 aliphatic rings. The molecular formula is C16H13ClFN5OS. The second-order valence-electron chi connectivity index (χ2n) is 5.06. The summed E-state index contributed by atoms with van der Waals surface area (Å²) in [4.78, 5) is 20.4. The third-order valence-electron chi connectivity index (χ3n) is 3.22. The van der Waals surface area contributed by atoms with Crippen LogP contribution in [-0.4, -0.2) is 31.3 Å². The first-order valence-electron chi connectivity index (χ1n) is 7.29. The molecule has 1 aromatic carbocycles. The monoisotopic (exact) mass is 377 g/mol. The molecular weight excluding hydrogens is 365 g/mol. The minimum absolute atomic E-state index is 0.253. The number of anilines is 1. The first-order chi connectivity index (χ1) is 12.0. The summed E-state index contributed by atoms with van der Waals surface area (Å²) < 4.78 is 13.8. The Morgan fingerprint density at radius 2 is 2.12 bits per heavy atom. The van der Waals surface area contributed by atoms with E-state index in [-0.39, 0.29) is 5.91 Å². The van der Waals surface area contributed by atoms with E-state index in [1.54, 1.807) is 37.3 Å². The van der Waals surface area contributed by atoms with Crippen molar-refractivity contribution in [2.45, 2.75) is 17.3 Å². The van der Waals surface area contributed by atoms with Crippen LogP contribution in [0.2, 0.25) is 5.02 Å². The number of aromatic amines is 1. The van der Waals surface area contributed by atoms with Crippen molar-refractivity contribution in [1.29, 1.82) is 0 Å². The fourth-order valence-corrected chi connectivity index (χ4v) is 2.80. The average Bonchev–Trinajstić information content (AvgIpc) is 3.05. The number of carbonyl (C=O) groups excluding carboxylic acids is 1. The Balaban J connectivity index is 1.65. The van der Waals surface area contributed by atoms with Gasteiger partial charge in [0.05, 0.1) is 15.8 Å². The molecule has 1 amide bonds. The molecule has 0 aliphatic heterocycles. The highest BCUT2D eigenvalue weighted by atomic mass is 35.5. The van der Waals surface area contributed by atoms with Crippen LogP contribution in [0.25, 0.3) is 11.4 Å². The van der Waals surface area contributed by atoms with Gasteiger partial charge < -0.3 is 5.32 Å². The van der Waals surface area contributed by atoms with Gasteiger partial charge in [-0.3, -0.25) is 9.89 Å². The van der Waals surface area contributed by atoms with Crippen molar-refractivity contribution in [2.24, 2.45) is 0 Å². The third kappa shape index (κ3) is 4.34. The van der Waals surface area contributed by atoms with Crippen molar-refractivity contribution < 1.29 is 9.18 Å². The maximum absolute atomic E-state index is 13.8. The SMILES string of the molecule is C[C@H](Sc1n[nH]c(-c2ccccc2F)n1)C(=O)Nc1ccc(Cl)cn1. The molecule has 0 spiro atoms. The molecule has 0 fully saturated rings. The molecule has 0 saturated carbocycles. The molecule has 128 valence electrons. The van der Waals surface area contributed by atoms with Crippen LogP contribution in [0.4, 0.5) is 10.2 Å². The van der Waals surface area contributed by atoms with E-state index in [1.807, 2.05) is 0 Å². The van der Waals surface area contributed by atoms with Gasteiger partial charge in [-0.15, -0.1) is 5.10 Å². The standard InChI is InChI=1S/C16H13ClFN5OS/c1-9(15(24)20-13-7-6-10(17)8-19-13)25-16-21-14(22-23-16)11-4-2-3-5-12(11)18/h2-9H,1H3,(H,19,20,24)(H,21,22,23)/t9-/m0/s1. The number of amides is 1. The lowest BCUT2D eigenvalue weighted by molar-refractivity contribution is -0.115. The van der Waals surface area contributed by atoms with Gasteiger partial charge in [0.2, 0.25) is 11.1 Å². The zero-order chi connectivity index (χ0) is 17.8. The number of carbonyl (C=O) groups is 1. The number of H-pyrrole nitrogens is 1. The lowest BCUT2D eigenvalue weighted by Gasteiger charge is -2.09. The Bertz CT molecular complexity index is 886. The van der Waals surface area contributed by atoms with Gasteiger partial charge in [0.15, 0.2) is 5.82 Å². The molecule has 1 atom stereocenters. The Labute approximate surface area is 152 Å². The Morgan fingerprint density at radius 1 is 1.32 bits per heavy atom. The first-order valence-corrected chi connectivity index (χ1v) is 8.55. The van der Waals surface area contributed by atoms with Gasteiger partial charge in [-0.2, -0.15) is 0 Å². The minimum Gasteiger partial charge on any atom is -0.310 e. The second-order valence-corrected chi connectivity index (χ2v) is 6.80. The van der Waals surface area contributed by atoms with Gasteiger partial charge in [0.25, 0.3) is 0 Å². The summed E-state index contributed by atoms with van der Waals surface area (Å²) in [5.74, 6) is 0.0725. The topological polar surface area (TPSA) is 83.6 Å². The molecule has 2 N–H and O–H groups in total. The predicted molar refractivity (Wildman–Crippen MR) is 95.0 cm³/mol. The number of nitrogens with one attached hydrogen (secondary N) is 2. The van der Waals surface area contributed by atoms with Crippen molar-refractivity contribution >= 4 is 35.1 Å². The van der Waals surface area contributed by atoms with Crippen molar-refractivity contribution in [3.63, 3.8) is 0 Å². The van der Waals surface area contributed by atoms with E-state index < -0.39 is 11.1 Å². The predicted octanol–water partition coefficient (Wildman–Crippen LogP) is 3.78. The third-order valence-corrected chi connectivity index (χ3v) is 4.41. The summed E-state index contributed by atoms with van der Waals surface area (Å²) in [6, 6.07) is 9.51. The van der Waals surface area contributed by atoms with E-state index in [1.165, 1.54) is 12.3 Å². The van der Waals surface area contributed by atoms with E-state index in [2.05, 4.69) is 25.5 Å². The summed E-state index contributed by atoms with van der Waals surface area (Å²) in [5, 5.41) is 9.75. The smallest absolute Gasteiger partial charge is 0.238 e. The highest BCUT2D eigenvalue weighted by molar-refractivity contribution is 8.00. The largest absolute Gasteiger partial charge is 0.310 e. The molecule has 6 nitrogen and oxygen atoms in total. The lowest BCUT2D eigenvalue weighted by Crippen LogP contribution is -2.23. The quantitative estimate of drug-likeness (QED) is 0.661. The number of rotatable bonds is 5. The van der Waals surface area contributed by atoms with Gasteiger partial charge in [-0.25, -0.2) is 14.4 Å². The van der Waals surface area contributed by atoms with Crippen LogP contribution < -0.4 is 5.32 Å². The van der Waals surface area contributed by atoms with Gasteiger partial charge in [0.1, 0.15) is 11.6 Å². The van der Waals surface area contributed by atoms with Crippen LogP contribution in [0.1, 0.15) is 6.92 Å². The molecule has 0 saturated heterocycles. The minimum atomic E-state index is -0.471. The normalized spacial score (nSPS) is 12.0. The number of aromatic nitrogens is 4. The molecule has 0 radical (unpaired) electrons. The molecule has 3 rings (SSSR count). The Hall–Kier alpha value is -2.45. The fraction of sp³-hybridized carbons (Fsp3) is 0.125. The Kier molecular flexibility index (Phi) is 5.30. The highest BCUT2D eigenvalue weighted by Crippen LogP contribution is 2.24. The number of hydrogen-bond acceptors (Lipinski definition) is 5. The lowest BCUT2D eigenvalue weighted by atomic mass is 10.2. The van der Waals surface area contributed by atoms with E-state index in [9.17, 15) is 9.18 Å². The molecule has 0 bridgehead atoms. The van der Waals surface area contributed by atoms with E-state index in [0.717, 1.165) is 11.8 Å². The summed E-state index contributed by atoms with van der Waals surface area (Å²) in [6.45, 7) is 1.72. The number of benzene rings is 1. The number of nitrogens with zero attached hydrogens (tertiary/aromatic N) is 3. The van der Waals surface area contributed by atoms with Crippen LogP contribution in [0, 0.1) is 5.82 Å². The zero-order valence-corrected chi connectivity index (χ0v) is 14.6. The van der Waals surface area contributed by atoms with E-state index >= 15 is 0 Å². The van der Waals surface area contributed by atoms with Crippen LogP contribution in [0.5, 0.6) is 0 Å². The van der Waals surface area contributed by atoms with Gasteiger partial charge in [-0.1, -0.05) is 35.5 Å². The number of thioether (sulfide) groups is 1. The maximum Gasteiger partial charge on any atom is 0.238 e. The molecule has 9 heteroatoms. The second kappa shape index (κ2) is 7.62. The fourth-order valence-electron chi connectivity index (χ4n) is 1.96. The van der Waals surface area contributed by atoms with Crippen molar-refractivity contribution in [2.75, 3.05) is 5.32 Å². The van der Waals surface area contributed by atoms with Gasteiger partial charge in [0, 0.05) is 6.20 Å². The van der Waals surface area contributed by atoms with Crippen LogP contribution >= 0.6 is 23.4 Å². The van der Waals surface area contributed by atoms with Gasteiger partial charge in [-0.05, 0) is 31.2 Å². The van der Waals surface area contributed by atoms with E-state index in [4.69, 9.17) is 11.6 Å².